The van der Waals surface area contributed by atoms with Crippen molar-refractivity contribution >= 4 is 26.8 Å². The molecule has 1 N–H and O–H groups in total. The Morgan fingerprint density at radius 2 is 1.84 bits per heavy atom. The van der Waals surface area contributed by atoms with E-state index in [0.29, 0.717) is 28.8 Å². The minimum atomic E-state index is -3.38. The molecule has 2 fully saturated rings. The lowest BCUT2D eigenvalue weighted by Crippen LogP contribution is -2.29. The zero-order valence-corrected chi connectivity index (χ0v) is 22.2. The molecule has 11 nitrogen and oxygen atoms in total. The smallest absolute Gasteiger partial charge is 0.295 e. The third-order valence-electron chi connectivity index (χ3n) is 7.23. The van der Waals surface area contributed by atoms with Gasteiger partial charge < -0.3 is 5.32 Å². The standard InChI is InChI=1S/C26H28N8O3S/c1-14-21(22(18-7-8-18)31-13-30-14)23-29-12-19-25(33-23)34(15(2)17-5-6-17)26(35)24(32-19)28-11-16-4-9-20(27-10-16)38(3,36)37/h4,9-10,12-13,15,17-18H,5-8,11H2,1-3H3,(H,28,32)/t15-/m0/s1. The molecule has 0 radical (unpaired) electrons. The van der Waals surface area contributed by atoms with Gasteiger partial charge in [0.1, 0.15) is 11.8 Å². The lowest BCUT2D eigenvalue weighted by molar-refractivity contribution is 0.482. The van der Waals surface area contributed by atoms with E-state index >= 15 is 0 Å². The zero-order chi connectivity index (χ0) is 26.6. The Balaban J connectivity index is 1.40. The average Bonchev–Trinajstić information content (AvgIpc) is 3.80. The molecule has 38 heavy (non-hydrogen) atoms. The van der Waals surface area contributed by atoms with Crippen LogP contribution in [-0.2, 0) is 16.4 Å². The summed E-state index contributed by atoms with van der Waals surface area (Å²) in [7, 11) is -3.38. The van der Waals surface area contributed by atoms with Crippen molar-refractivity contribution in [3.63, 3.8) is 0 Å². The highest BCUT2D eigenvalue weighted by Crippen LogP contribution is 2.43. The maximum absolute atomic E-state index is 13.7. The van der Waals surface area contributed by atoms with E-state index in [-0.39, 0.29) is 29.0 Å². The predicted octanol–water partition coefficient (Wildman–Crippen LogP) is 3.21. The minimum absolute atomic E-state index is 0.00235. The average molecular weight is 533 g/mol. The number of aryl methyl sites for hydroxylation is 1. The Kier molecular flexibility index (Phi) is 5.93. The number of sulfone groups is 1. The van der Waals surface area contributed by atoms with Crippen LogP contribution >= 0.6 is 0 Å². The van der Waals surface area contributed by atoms with Crippen molar-refractivity contribution < 1.29 is 8.42 Å². The molecule has 4 aromatic rings. The van der Waals surface area contributed by atoms with Gasteiger partial charge in [-0.3, -0.25) is 9.36 Å². The molecule has 0 spiro atoms. The number of rotatable bonds is 8. The Bertz CT molecular complexity index is 1710. The Hall–Kier alpha value is -3.80. The maximum Gasteiger partial charge on any atom is 0.295 e. The van der Waals surface area contributed by atoms with Crippen molar-refractivity contribution in [2.45, 2.75) is 63.1 Å². The lowest BCUT2D eigenvalue weighted by atomic mass is 10.1. The van der Waals surface area contributed by atoms with Gasteiger partial charge in [-0.15, -0.1) is 0 Å². The summed E-state index contributed by atoms with van der Waals surface area (Å²) in [5.74, 6) is 1.49. The van der Waals surface area contributed by atoms with Gasteiger partial charge in [0.05, 0.1) is 23.1 Å². The largest absolute Gasteiger partial charge is 0.361 e. The summed E-state index contributed by atoms with van der Waals surface area (Å²) in [6.07, 6.45) is 10.1. The summed E-state index contributed by atoms with van der Waals surface area (Å²) in [6.45, 7) is 4.23. The fraction of sp³-hybridized carbons (Fsp3) is 0.423. The summed E-state index contributed by atoms with van der Waals surface area (Å²) in [4.78, 5) is 40.7. The fourth-order valence-corrected chi connectivity index (χ4v) is 5.32. The molecule has 2 aliphatic rings. The van der Waals surface area contributed by atoms with E-state index in [2.05, 4.69) is 30.2 Å². The van der Waals surface area contributed by atoms with Gasteiger partial charge in [-0.25, -0.2) is 38.3 Å². The molecule has 6 rings (SSSR count). The molecular weight excluding hydrogens is 504 g/mol. The first kappa shape index (κ1) is 24.5. The van der Waals surface area contributed by atoms with Crippen LogP contribution in [0.15, 0.2) is 40.7 Å². The van der Waals surface area contributed by atoms with Crippen LogP contribution < -0.4 is 10.9 Å². The highest BCUT2D eigenvalue weighted by molar-refractivity contribution is 7.90. The molecule has 196 valence electrons. The van der Waals surface area contributed by atoms with Gasteiger partial charge in [-0.1, -0.05) is 6.07 Å². The van der Waals surface area contributed by atoms with E-state index in [4.69, 9.17) is 4.98 Å². The number of anilines is 1. The van der Waals surface area contributed by atoms with Crippen LogP contribution in [0.5, 0.6) is 0 Å². The van der Waals surface area contributed by atoms with E-state index in [1.807, 2.05) is 13.8 Å². The van der Waals surface area contributed by atoms with Crippen LogP contribution in [0.25, 0.3) is 22.6 Å². The molecular formula is C26H28N8O3S. The second-order valence-corrected chi connectivity index (χ2v) is 12.2. The molecule has 2 aliphatic carbocycles. The molecule has 0 saturated heterocycles. The van der Waals surface area contributed by atoms with Gasteiger partial charge in [-0.2, -0.15) is 0 Å². The van der Waals surface area contributed by atoms with Crippen molar-refractivity contribution in [3.8, 4) is 11.4 Å². The van der Waals surface area contributed by atoms with Crippen LogP contribution in [0, 0.1) is 12.8 Å². The number of pyridine rings is 1. The number of nitrogens with one attached hydrogen (secondary N) is 1. The normalized spacial score (nSPS) is 16.5. The van der Waals surface area contributed by atoms with Crippen LogP contribution in [0.3, 0.4) is 0 Å². The molecule has 4 heterocycles. The summed E-state index contributed by atoms with van der Waals surface area (Å²) >= 11 is 0. The van der Waals surface area contributed by atoms with E-state index in [0.717, 1.165) is 54.5 Å². The Morgan fingerprint density at radius 1 is 1.05 bits per heavy atom. The van der Waals surface area contributed by atoms with E-state index in [9.17, 15) is 13.2 Å². The summed E-state index contributed by atoms with van der Waals surface area (Å²) in [5.41, 5.74) is 4.08. The van der Waals surface area contributed by atoms with E-state index in [1.165, 1.54) is 12.3 Å². The van der Waals surface area contributed by atoms with Crippen molar-refractivity contribution in [2.75, 3.05) is 11.6 Å². The molecule has 0 aliphatic heterocycles. The highest BCUT2D eigenvalue weighted by Gasteiger charge is 2.33. The SMILES string of the molecule is Cc1ncnc(C2CC2)c1-c1ncc2nc(NCc3ccc(S(C)(=O)=O)nc3)c(=O)n([C@@H](C)C3CC3)c2n1. The van der Waals surface area contributed by atoms with Gasteiger partial charge >= 0.3 is 0 Å². The van der Waals surface area contributed by atoms with E-state index in [1.54, 1.807) is 23.2 Å². The van der Waals surface area contributed by atoms with Gasteiger partial charge in [-0.05, 0) is 57.1 Å². The first-order chi connectivity index (χ1) is 18.2. The summed E-state index contributed by atoms with van der Waals surface area (Å²) in [5, 5.41) is 3.11. The van der Waals surface area contributed by atoms with Gasteiger partial charge in [0.25, 0.3) is 5.56 Å². The third-order valence-corrected chi connectivity index (χ3v) is 8.24. The van der Waals surface area contributed by atoms with Crippen molar-refractivity contribution in [2.24, 2.45) is 5.92 Å². The van der Waals surface area contributed by atoms with Crippen LogP contribution in [-0.4, -0.2) is 49.1 Å². The molecule has 0 amide bonds. The first-order valence-electron chi connectivity index (χ1n) is 12.7. The Morgan fingerprint density at radius 3 is 2.50 bits per heavy atom. The third kappa shape index (κ3) is 4.64. The molecule has 12 heteroatoms. The zero-order valence-electron chi connectivity index (χ0n) is 21.4. The molecule has 2 saturated carbocycles. The number of aromatic nitrogens is 7. The number of fused-ring (bicyclic) bond motifs is 1. The van der Waals surface area contributed by atoms with E-state index < -0.39 is 9.84 Å². The highest BCUT2D eigenvalue weighted by atomic mass is 32.2. The van der Waals surface area contributed by atoms with Gasteiger partial charge in [0.2, 0.25) is 0 Å². The summed E-state index contributed by atoms with van der Waals surface area (Å²) < 4.78 is 25.1. The molecule has 1 atom stereocenters. The topological polar surface area (TPSA) is 146 Å². The number of nitrogens with zero attached hydrogens (tertiary/aromatic N) is 7. The first-order valence-corrected chi connectivity index (χ1v) is 14.6. The number of hydrogen-bond acceptors (Lipinski definition) is 10. The van der Waals surface area contributed by atoms with Crippen molar-refractivity contribution in [1.82, 2.24) is 34.5 Å². The number of hydrogen-bond donors (Lipinski definition) is 1. The molecule has 0 aromatic carbocycles. The fourth-order valence-electron chi connectivity index (χ4n) is 4.76. The van der Waals surface area contributed by atoms with Crippen molar-refractivity contribution in [3.05, 3.63) is 58.2 Å². The lowest BCUT2D eigenvalue weighted by Gasteiger charge is -2.19. The maximum atomic E-state index is 13.7. The minimum Gasteiger partial charge on any atom is -0.361 e. The summed E-state index contributed by atoms with van der Waals surface area (Å²) in [6, 6.07) is 3.07. The van der Waals surface area contributed by atoms with Crippen LogP contribution in [0.1, 0.15) is 61.5 Å². The van der Waals surface area contributed by atoms with Gasteiger partial charge in [0.15, 0.2) is 32.2 Å². The second kappa shape index (κ2) is 9.19. The van der Waals surface area contributed by atoms with Crippen molar-refractivity contribution in [1.29, 1.82) is 0 Å². The quantitative estimate of drug-likeness (QED) is 0.359. The molecule has 0 bridgehead atoms. The Labute approximate surface area is 219 Å². The predicted molar refractivity (Wildman–Crippen MR) is 141 cm³/mol. The van der Waals surface area contributed by atoms with Crippen LogP contribution in [0.2, 0.25) is 0 Å². The monoisotopic (exact) mass is 532 g/mol. The van der Waals surface area contributed by atoms with Crippen LogP contribution in [0.4, 0.5) is 5.82 Å². The second-order valence-electron chi connectivity index (χ2n) is 10.2. The molecule has 4 aromatic heterocycles. The van der Waals surface area contributed by atoms with Gasteiger partial charge in [0, 0.05) is 31.0 Å². The molecule has 0 unspecified atom stereocenters.